The topological polar surface area (TPSA) is 79.6 Å². The van der Waals surface area contributed by atoms with Gasteiger partial charge in [0.05, 0.1) is 11.1 Å². The Morgan fingerprint density at radius 2 is 2.00 bits per heavy atom. The highest BCUT2D eigenvalue weighted by atomic mass is 16.4. The first-order valence-corrected chi connectivity index (χ1v) is 7.10. The van der Waals surface area contributed by atoms with Crippen LogP contribution in [0.25, 0.3) is 10.9 Å². The Kier molecular flexibility index (Phi) is 3.44. The first-order valence-electron chi connectivity index (χ1n) is 7.10. The van der Waals surface area contributed by atoms with E-state index in [-0.39, 0.29) is 29.6 Å². The Bertz CT molecular complexity index is 820. The lowest BCUT2D eigenvalue weighted by atomic mass is 10.1. The van der Waals surface area contributed by atoms with Crippen molar-refractivity contribution in [1.82, 2.24) is 9.47 Å². The van der Waals surface area contributed by atoms with Crippen molar-refractivity contribution < 1.29 is 14.7 Å². The van der Waals surface area contributed by atoms with E-state index in [0.717, 1.165) is 12.8 Å². The minimum absolute atomic E-state index is 0.0357. The Morgan fingerprint density at radius 3 is 2.64 bits per heavy atom. The summed E-state index contributed by atoms with van der Waals surface area (Å²) in [5.41, 5.74) is 0.643. The van der Waals surface area contributed by atoms with Gasteiger partial charge < -0.3 is 14.6 Å². The number of aromatic nitrogens is 1. The van der Waals surface area contributed by atoms with E-state index in [0.29, 0.717) is 10.9 Å². The van der Waals surface area contributed by atoms with Gasteiger partial charge in [-0.2, -0.15) is 0 Å². The molecule has 3 rings (SSSR count). The molecular weight excluding hydrogens is 284 g/mol. The molecule has 0 unspecified atom stereocenters. The van der Waals surface area contributed by atoms with Crippen LogP contribution in [0, 0.1) is 0 Å². The van der Waals surface area contributed by atoms with E-state index in [1.165, 1.54) is 15.5 Å². The number of carbonyl (C=O) groups is 2. The molecule has 0 atom stereocenters. The Labute approximate surface area is 126 Å². The molecule has 0 bridgehead atoms. The number of aliphatic carboxylic acids is 1. The number of pyridine rings is 1. The second-order valence-electron chi connectivity index (χ2n) is 5.53. The Morgan fingerprint density at radius 1 is 1.32 bits per heavy atom. The van der Waals surface area contributed by atoms with Crippen LogP contribution in [-0.4, -0.2) is 39.0 Å². The number of aryl methyl sites for hydroxylation is 1. The maximum absolute atomic E-state index is 12.8. The Hall–Kier alpha value is -2.63. The van der Waals surface area contributed by atoms with Gasteiger partial charge in [0.1, 0.15) is 6.54 Å². The van der Waals surface area contributed by atoms with E-state index >= 15 is 0 Å². The molecule has 0 aliphatic heterocycles. The molecule has 0 saturated heterocycles. The second-order valence-corrected chi connectivity index (χ2v) is 5.53. The van der Waals surface area contributed by atoms with Gasteiger partial charge in [0.15, 0.2) is 0 Å². The van der Waals surface area contributed by atoms with Crippen LogP contribution in [0.5, 0.6) is 0 Å². The van der Waals surface area contributed by atoms with Gasteiger partial charge in [-0.3, -0.25) is 14.4 Å². The van der Waals surface area contributed by atoms with Crippen molar-refractivity contribution >= 4 is 22.8 Å². The molecule has 1 saturated carbocycles. The van der Waals surface area contributed by atoms with Crippen molar-refractivity contribution in [3.8, 4) is 0 Å². The predicted octanol–water partition coefficient (Wildman–Crippen LogP) is 1.23. The number of hydrogen-bond acceptors (Lipinski definition) is 3. The first kappa shape index (κ1) is 14.3. The average molecular weight is 300 g/mol. The Balaban J connectivity index is 2.12. The van der Waals surface area contributed by atoms with Crippen LogP contribution >= 0.6 is 0 Å². The number of carboxylic acid groups (broad SMARTS) is 1. The maximum atomic E-state index is 12.8. The number of amides is 1. The molecule has 0 spiro atoms. The summed E-state index contributed by atoms with van der Waals surface area (Å²) in [6, 6.07) is 8.39. The first-order chi connectivity index (χ1) is 10.5. The van der Waals surface area contributed by atoms with E-state index in [2.05, 4.69) is 0 Å². The van der Waals surface area contributed by atoms with Crippen LogP contribution < -0.4 is 5.56 Å². The van der Waals surface area contributed by atoms with Crippen molar-refractivity contribution in [2.45, 2.75) is 18.9 Å². The van der Waals surface area contributed by atoms with Crippen molar-refractivity contribution in [1.29, 1.82) is 0 Å². The standard InChI is InChI=1S/C16H16N2O4/c1-17-13-5-3-2-4-11(13)12(8-14(17)19)16(22)18(9-15(20)21)10-6-7-10/h2-5,8,10H,6-7,9H2,1H3,(H,20,21). The van der Waals surface area contributed by atoms with Crippen molar-refractivity contribution in [2.24, 2.45) is 7.05 Å². The molecule has 0 radical (unpaired) electrons. The van der Waals surface area contributed by atoms with Gasteiger partial charge in [0.25, 0.3) is 11.5 Å². The lowest BCUT2D eigenvalue weighted by Crippen LogP contribution is -2.38. The lowest BCUT2D eigenvalue weighted by Gasteiger charge is -2.21. The van der Waals surface area contributed by atoms with Gasteiger partial charge in [-0.1, -0.05) is 18.2 Å². The third-order valence-corrected chi connectivity index (χ3v) is 3.94. The predicted molar refractivity (Wildman–Crippen MR) is 80.9 cm³/mol. The minimum Gasteiger partial charge on any atom is -0.480 e. The van der Waals surface area contributed by atoms with Crippen LogP contribution in [-0.2, 0) is 11.8 Å². The highest BCUT2D eigenvalue weighted by molar-refractivity contribution is 6.07. The minimum atomic E-state index is -1.05. The zero-order chi connectivity index (χ0) is 15.9. The fourth-order valence-electron chi connectivity index (χ4n) is 2.64. The number of hydrogen-bond donors (Lipinski definition) is 1. The fraction of sp³-hybridized carbons (Fsp3) is 0.312. The average Bonchev–Trinajstić information content (AvgIpc) is 3.32. The van der Waals surface area contributed by atoms with E-state index in [4.69, 9.17) is 5.11 Å². The molecule has 1 aliphatic rings. The summed E-state index contributed by atoms with van der Waals surface area (Å²) in [4.78, 5) is 37.2. The molecule has 1 aromatic carbocycles. The van der Waals surface area contributed by atoms with Crippen LogP contribution in [0.15, 0.2) is 35.1 Å². The van der Waals surface area contributed by atoms with Gasteiger partial charge in [-0.05, 0) is 18.9 Å². The molecule has 6 nitrogen and oxygen atoms in total. The fourth-order valence-corrected chi connectivity index (χ4v) is 2.64. The van der Waals surface area contributed by atoms with E-state index in [1.807, 2.05) is 0 Å². The highest BCUT2D eigenvalue weighted by Crippen LogP contribution is 2.29. The van der Waals surface area contributed by atoms with Gasteiger partial charge >= 0.3 is 5.97 Å². The number of carboxylic acids is 1. The zero-order valence-corrected chi connectivity index (χ0v) is 12.2. The third-order valence-electron chi connectivity index (χ3n) is 3.94. The van der Waals surface area contributed by atoms with Crippen molar-refractivity contribution in [2.75, 3.05) is 6.54 Å². The summed E-state index contributed by atoms with van der Waals surface area (Å²) in [6.07, 6.45) is 1.61. The number of benzene rings is 1. The van der Waals surface area contributed by atoms with Gasteiger partial charge in [0.2, 0.25) is 0 Å². The molecule has 1 heterocycles. The van der Waals surface area contributed by atoms with Crippen molar-refractivity contribution in [3.63, 3.8) is 0 Å². The molecule has 1 amide bonds. The van der Waals surface area contributed by atoms with Crippen LogP contribution in [0.1, 0.15) is 23.2 Å². The van der Waals surface area contributed by atoms with E-state index < -0.39 is 5.97 Å². The molecule has 114 valence electrons. The van der Waals surface area contributed by atoms with Crippen LogP contribution in [0.2, 0.25) is 0 Å². The normalized spacial score (nSPS) is 14.0. The summed E-state index contributed by atoms with van der Waals surface area (Å²) in [5, 5.41) is 9.67. The summed E-state index contributed by atoms with van der Waals surface area (Å²) >= 11 is 0. The maximum Gasteiger partial charge on any atom is 0.323 e. The molecule has 22 heavy (non-hydrogen) atoms. The van der Waals surface area contributed by atoms with Crippen LogP contribution in [0.3, 0.4) is 0 Å². The van der Waals surface area contributed by atoms with Gasteiger partial charge in [0, 0.05) is 24.5 Å². The lowest BCUT2D eigenvalue weighted by molar-refractivity contribution is -0.137. The number of carbonyl (C=O) groups excluding carboxylic acids is 1. The van der Waals surface area contributed by atoms with Gasteiger partial charge in [-0.25, -0.2) is 0 Å². The third kappa shape index (κ3) is 2.47. The number of rotatable bonds is 4. The molecule has 1 fully saturated rings. The number of fused-ring (bicyclic) bond motifs is 1. The number of nitrogens with zero attached hydrogens (tertiary/aromatic N) is 2. The molecule has 1 aromatic heterocycles. The largest absolute Gasteiger partial charge is 0.480 e. The highest BCUT2D eigenvalue weighted by Gasteiger charge is 2.35. The molecule has 2 aromatic rings. The summed E-state index contributed by atoms with van der Waals surface area (Å²) in [7, 11) is 1.65. The van der Waals surface area contributed by atoms with Crippen molar-refractivity contribution in [3.05, 3.63) is 46.2 Å². The summed E-state index contributed by atoms with van der Waals surface area (Å²) < 4.78 is 1.48. The quantitative estimate of drug-likeness (QED) is 0.921. The van der Waals surface area contributed by atoms with Gasteiger partial charge in [-0.15, -0.1) is 0 Å². The smallest absolute Gasteiger partial charge is 0.323 e. The van der Waals surface area contributed by atoms with E-state index in [1.54, 1.807) is 31.3 Å². The summed E-state index contributed by atoms with van der Waals surface area (Å²) in [6.45, 7) is -0.340. The second kappa shape index (κ2) is 5.29. The molecule has 6 heteroatoms. The number of para-hydroxylation sites is 1. The monoisotopic (exact) mass is 300 g/mol. The molecule has 1 N–H and O–H groups in total. The van der Waals surface area contributed by atoms with E-state index in [9.17, 15) is 14.4 Å². The zero-order valence-electron chi connectivity index (χ0n) is 12.2. The van der Waals surface area contributed by atoms with Crippen LogP contribution in [0.4, 0.5) is 0 Å². The summed E-state index contributed by atoms with van der Waals surface area (Å²) in [5.74, 6) is -1.44. The SMILES string of the molecule is Cn1c(=O)cc(C(=O)N(CC(=O)O)C2CC2)c2ccccc21. The molecule has 1 aliphatic carbocycles. The molecular formula is C16H16N2O4.